The number of nitrogens with two attached hydrogens (primary N) is 1. The van der Waals surface area contributed by atoms with Crippen LogP contribution in [0.4, 0.5) is 4.79 Å². The van der Waals surface area contributed by atoms with Crippen LogP contribution in [0.3, 0.4) is 0 Å². The molecule has 1 saturated carbocycles. The summed E-state index contributed by atoms with van der Waals surface area (Å²) in [5.74, 6) is -1.29. The average molecular weight is 511 g/mol. The Labute approximate surface area is 217 Å². The summed E-state index contributed by atoms with van der Waals surface area (Å²) in [5, 5.41) is 6.61. The number of carbonyl (C=O) groups excluding carboxylic acids is 4. The summed E-state index contributed by atoms with van der Waals surface area (Å²) in [7, 11) is 0. The van der Waals surface area contributed by atoms with Crippen molar-refractivity contribution in [1.82, 2.24) is 25.4 Å². The summed E-state index contributed by atoms with van der Waals surface area (Å²) in [6.07, 6.45) is 6.76. The van der Waals surface area contributed by atoms with Gasteiger partial charge in [0, 0.05) is 48.6 Å². The van der Waals surface area contributed by atoms with E-state index in [1.54, 1.807) is 9.80 Å². The molecule has 2 aliphatic rings. The first kappa shape index (κ1) is 26.5. The van der Waals surface area contributed by atoms with Crippen LogP contribution in [0.25, 0.3) is 10.9 Å². The second-order valence-electron chi connectivity index (χ2n) is 10.5. The van der Waals surface area contributed by atoms with E-state index in [0.717, 1.165) is 48.6 Å². The van der Waals surface area contributed by atoms with Crippen LogP contribution < -0.4 is 16.4 Å². The molecule has 1 aromatic heterocycles. The van der Waals surface area contributed by atoms with Crippen molar-refractivity contribution in [3.63, 3.8) is 0 Å². The zero-order valence-corrected chi connectivity index (χ0v) is 21.7. The summed E-state index contributed by atoms with van der Waals surface area (Å²) < 4.78 is 0. The number of nitrogens with one attached hydrogen (secondary N) is 3. The lowest BCUT2D eigenvalue weighted by atomic mass is 9.87. The predicted molar refractivity (Wildman–Crippen MR) is 140 cm³/mol. The number of aromatic nitrogens is 1. The van der Waals surface area contributed by atoms with Crippen molar-refractivity contribution in [3.8, 4) is 0 Å². The Morgan fingerprint density at radius 1 is 1.05 bits per heavy atom. The normalized spacial score (nSPS) is 19.6. The van der Waals surface area contributed by atoms with E-state index in [4.69, 9.17) is 5.73 Å². The fourth-order valence-electron chi connectivity index (χ4n) is 5.39. The second-order valence-corrected chi connectivity index (χ2v) is 10.5. The zero-order chi connectivity index (χ0) is 26.5. The topological polar surface area (TPSA) is 141 Å². The minimum Gasteiger partial charge on any atom is -0.368 e. The van der Waals surface area contributed by atoms with Crippen LogP contribution in [0.1, 0.15) is 51.5 Å². The molecule has 10 heteroatoms. The van der Waals surface area contributed by atoms with Crippen LogP contribution in [-0.2, 0) is 20.8 Å². The molecule has 1 saturated heterocycles. The molecular formula is C27H38N6O4. The number of rotatable bonds is 7. The molecule has 1 aromatic carbocycles. The maximum atomic E-state index is 13.6. The highest BCUT2D eigenvalue weighted by Crippen LogP contribution is 2.27. The molecule has 2 atom stereocenters. The number of para-hydroxylation sites is 1. The van der Waals surface area contributed by atoms with Crippen molar-refractivity contribution in [1.29, 1.82) is 0 Å². The van der Waals surface area contributed by atoms with Crippen molar-refractivity contribution in [3.05, 3.63) is 36.0 Å². The van der Waals surface area contributed by atoms with E-state index in [0.29, 0.717) is 6.54 Å². The number of urea groups is 1. The van der Waals surface area contributed by atoms with E-state index < -0.39 is 23.9 Å². The molecule has 1 aliphatic carbocycles. The Morgan fingerprint density at radius 3 is 2.49 bits per heavy atom. The third kappa shape index (κ3) is 6.23. The monoisotopic (exact) mass is 510 g/mol. The minimum atomic E-state index is -0.960. The number of H-pyrrole nitrogens is 1. The average Bonchev–Trinajstić information content (AvgIpc) is 3.30. The predicted octanol–water partition coefficient (Wildman–Crippen LogP) is 1.89. The maximum absolute atomic E-state index is 13.6. The molecule has 2 heterocycles. The molecule has 1 aliphatic heterocycles. The summed E-state index contributed by atoms with van der Waals surface area (Å²) >= 11 is 0. The standard InChI is InChI=1S/C27H38N6O4/c1-17(2)30-27(37)32-12-13-33(26(36)18-8-4-3-5-9-18)23(16-32)25(35)31-22(24(28)34)14-19-15-29-21-11-7-6-10-20(19)21/h6-7,10-11,15,17-18,22-23,29H,3-5,8-9,12-14,16H2,1-2H3,(H2,28,34)(H,30,37)(H,31,35). The van der Waals surface area contributed by atoms with E-state index in [9.17, 15) is 19.2 Å². The fourth-order valence-corrected chi connectivity index (χ4v) is 5.39. The molecule has 4 rings (SSSR count). The Balaban J connectivity index is 1.53. The highest BCUT2D eigenvalue weighted by Gasteiger charge is 2.40. The van der Waals surface area contributed by atoms with Crippen LogP contribution in [-0.4, -0.2) is 76.3 Å². The van der Waals surface area contributed by atoms with Gasteiger partial charge in [0.2, 0.25) is 17.7 Å². The molecule has 2 fully saturated rings. The summed E-state index contributed by atoms with van der Waals surface area (Å²) in [6.45, 7) is 4.40. The largest absolute Gasteiger partial charge is 0.368 e. The third-order valence-electron chi connectivity index (χ3n) is 7.38. The van der Waals surface area contributed by atoms with Gasteiger partial charge in [-0.15, -0.1) is 0 Å². The number of nitrogens with zero attached hydrogens (tertiary/aromatic N) is 2. The second kappa shape index (κ2) is 11.7. The lowest BCUT2D eigenvalue weighted by molar-refractivity contribution is -0.147. The Kier molecular flexibility index (Phi) is 8.35. The zero-order valence-electron chi connectivity index (χ0n) is 21.7. The maximum Gasteiger partial charge on any atom is 0.317 e. The van der Waals surface area contributed by atoms with Gasteiger partial charge in [-0.05, 0) is 38.3 Å². The summed E-state index contributed by atoms with van der Waals surface area (Å²) in [5.41, 5.74) is 7.48. The van der Waals surface area contributed by atoms with Crippen LogP contribution >= 0.6 is 0 Å². The van der Waals surface area contributed by atoms with Gasteiger partial charge in [0.05, 0.1) is 6.54 Å². The van der Waals surface area contributed by atoms with Crippen molar-refractivity contribution in [2.24, 2.45) is 11.7 Å². The van der Waals surface area contributed by atoms with Crippen LogP contribution in [0.15, 0.2) is 30.5 Å². The van der Waals surface area contributed by atoms with Crippen LogP contribution in [0.5, 0.6) is 0 Å². The van der Waals surface area contributed by atoms with Crippen LogP contribution in [0.2, 0.25) is 0 Å². The lowest BCUT2D eigenvalue weighted by Crippen LogP contribution is -2.65. The van der Waals surface area contributed by atoms with Crippen molar-refractivity contribution >= 4 is 34.7 Å². The molecule has 2 unspecified atom stereocenters. The van der Waals surface area contributed by atoms with E-state index in [1.807, 2.05) is 44.3 Å². The Hall–Kier alpha value is -3.56. The molecule has 5 N–H and O–H groups in total. The number of fused-ring (bicyclic) bond motifs is 1. The number of amides is 5. The molecule has 0 radical (unpaired) electrons. The molecule has 0 bridgehead atoms. The van der Waals surface area contributed by atoms with E-state index in [1.165, 1.54) is 0 Å². The fraction of sp³-hybridized carbons (Fsp3) is 0.556. The Morgan fingerprint density at radius 2 is 1.78 bits per heavy atom. The van der Waals surface area contributed by atoms with Crippen LogP contribution in [0, 0.1) is 5.92 Å². The number of hydrogen-bond donors (Lipinski definition) is 4. The highest BCUT2D eigenvalue weighted by atomic mass is 16.2. The number of carbonyl (C=O) groups is 4. The van der Waals surface area contributed by atoms with Gasteiger partial charge in [0.1, 0.15) is 12.1 Å². The quantitative estimate of drug-likeness (QED) is 0.451. The van der Waals surface area contributed by atoms with Gasteiger partial charge < -0.3 is 31.2 Å². The van der Waals surface area contributed by atoms with Gasteiger partial charge >= 0.3 is 6.03 Å². The summed E-state index contributed by atoms with van der Waals surface area (Å²) in [4.78, 5) is 58.5. The van der Waals surface area contributed by atoms with Crippen molar-refractivity contribution < 1.29 is 19.2 Å². The molecule has 37 heavy (non-hydrogen) atoms. The molecule has 2 aromatic rings. The first-order valence-electron chi connectivity index (χ1n) is 13.2. The van der Waals surface area contributed by atoms with E-state index in [2.05, 4.69) is 15.6 Å². The van der Waals surface area contributed by atoms with Crippen molar-refractivity contribution in [2.75, 3.05) is 19.6 Å². The number of hydrogen-bond acceptors (Lipinski definition) is 4. The van der Waals surface area contributed by atoms with Gasteiger partial charge in [-0.25, -0.2) is 4.79 Å². The molecular weight excluding hydrogens is 472 g/mol. The number of piperazine rings is 1. The van der Waals surface area contributed by atoms with Gasteiger partial charge in [-0.2, -0.15) is 0 Å². The van der Waals surface area contributed by atoms with E-state index >= 15 is 0 Å². The third-order valence-corrected chi connectivity index (χ3v) is 7.38. The molecule has 10 nitrogen and oxygen atoms in total. The first-order valence-corrected chi connectivity index (χ1v) is 13.2. The van der Waals surface area contributed by atoms with Gasteiger partial charge in [-0.1, -0.05) is 37.5 Å². The number of aromatic amines is 1. The Bertz CT molecular complexity index is 1140. The minimum absolute atomic E-state index is 0.0454. The lowest BCUT2D eigenvalue weighted by Gasteiger charge is -2.42. The smallest absolute Gasteiger partial charge is 0.317 e. The first-order chi connectivity index (χ1) is 17.7. The molecule has 0 spiro atoms. The van der Waals surface area contributed by atoms with E-state index in [-0.39, 0.29) is 43.4 Å². The van der Waals surface area contributed by atoms with Gasteiger partial charge in [0.15, 0.2) is 0 Å². The summed E-state index contributed by atoms with van der Waals surface area (Å²) in [6, 6.07) is 5.51. The number of benzene rings is 1. The number of primary amides is 1. The van der Waals surface area contributed by atoms with Gasteiger partial charge in [0.25, 0.3) is 0 Å². The SMILES string of the molecule is CC(C)NC(=O)N1CCN(C(=O)C2CCCCC2)C(C(=O)NC(Cc2c[nH]c3ccccc23)C(N)=O)C1. The van der Waals surface area contributed by atoms with Gasteiger partial charge in [-0.3, -0.25) is 14.4 Å². The molecule has 200 valence electrons. The van der Waals surface area contributed by atoms with Crippen molar-refractivity contribution in [2.45, 2.75) is 70.5 Å². The molecule has 5 amide bonds. The highest BCUT2D eigenvalue weighted by molar-refractivity contribution is 5.93.